The maximum absolute atomic E-state index is 13.3. The van der Waals surface area contributed by atoms with E-state index in [4.69, 9.17) is 9.47 Å². The summed E-state index contributed by atoms with van der Waals surface area (Å²) >= 11 is 0. The minimum atomic E-state index is -0.804. The topological polar surface area (TPSA) is 134 Å². The molecule has 0 amide bonds. The molecule has 288 valence electrons. The molecule has 8 atom stereocenters. The van der Waals surface area contributed by atoms with Gasteiger partial charge in [-0.1, -0.05) is 113 Å². The van der Waals surface area contributed by atoms with Crippen LogP contribution in [0.25, 0.3) is 6.08 Å². The van der Waals surface area contributed by atoms with Crippen molar-refractivity contribution < 1.29 is 29.3 Å². The number of fused-ring (bicyclic) bond motifs is 5. The van der Waals surface area contributed by atoms with Crippen LogP contribution in [0.1, 0.15) is 90.0 Å². The highest BCUT2D eigenvalue weighted by Crippen LogP contribution is 2.42. The zero-order chi connectivity index (χ0) is 38.9. The molecule has 5 rings (SSSR count). The predicted octanol–water partition coefficient (Wildman–Crippen LogP) is 8.36. The monoisotopic (exact) mass is 735 g/mol. The van der Waals surface area contributed by atoms with Gasteiger partial charge in [-0.15, -0.1) is 0 Å². The largest absolute Gasteiger partial charge is 0.457 e. The summed E-state index contributed by atoms with van der Waals surface area (Å²) in [5, 5.41) is 21.9. The third-order valence-corrected chi connectivity index (χ3v) is 11.0. The first-order chi connectivity index (χ1) is 25.8. The highest BCUT2D eigenvalue weighted by molar-refractivity contribution is 6.04. The first kappa shape index (κ1) is 40.6. The van der Waals surface area contributed by atoms with E-state index in [2.05, 4.69) is 51.4 Å². The lowest BCUT2D eigenvalue weighted by molar-refractivity contribution is -0.153. The van der Waals surface area contributed by atoms with Gasteiger partial charge in [-0.3, -0.25) is 0 Å². The summed E-state index contributed by atoms with van der Waals surface area (Å²) in [4.78, 5) is 38.6. The van der Waals surface area contributed by atoms with Crippen molar-refractivity contribution in [3.63, 3.8) is 0 Å². The Kier molecular flexibility index (Phi) is 13.6. The Morgan fingerprint density at radius 3 is 1.83 bits per heavy atom. The smallest absolute Gasteiger partial charge is 0.356 e. The number of esters is 2. The molecule has 2 fully saturated rings. The number of carbonyl (C=O) groups is 2. The lowest BCUT2D eigenvalue weighted by Crippen LogP contribution is -2.42. The van der Waals surface area contributed by atoms with E-state index in [0.717, 1.165) is 18.6 Å². The van der Waals surface area contributed by atoms with E-state index in [1.165, 1.54) is 6.20 Å². The average molecular weight is 736 g/mol. The van der Waals surface area contributed by atoms with Gasteiger partial charge in [0.05, 0.1) is 18.4 Å². The number of H-pyrrole nitrogens is 1. The molecule has 2 saturated carbocycles. The summed E-state index contributed by atoms with van der Waals surface area (Å²) in [6.45, 7) is 11.4. The SMILES string of the molecule is C/C=C/[C@H](O)C(C)(C)[C@@H]1C/C=C\[C@H]2C[C@H]2/C=C/C=C\c2ncc([nH]2)C(=O)O[C@H](C(C)(C)[C@@H](O)/C=C/C)C/C=C\[C@H]2C[C@H]2/C=C/C=C\C2=NC(=CC2)C(=O)O1. The second-order valence-corrected chi connectivity index (χ2v) is 15.9. The second-order valence-electron chi connectivity index (χ2n) is 15.9. The van der Waals surface area contributed by atoms with Crippen molar-refractivity contribution in [2.24, 2.45) is 39.5 Å². The van der Waals surface area contributed by atoms with Crippen LogP contribution in [0.4, 0.5) is 0 Å². The molecule has 4 bridgehead atoms. The first-order valence-corrected chi connectivity index (χ1v) is 19.2. The number of aromatic amines is 1. The quantitative estimate of drug-likeness (QED) is 0.198. The van der Waals surface area contributed by atoms with Crippen molar-refractivity contribution in [3.05, 3.63) is 121 Å². The Morgan fingerprint density at radius 2 is 1.28 bits per heavy atom. The number of aliphatic hydroxyl groups is 2. The molecule has 0 unspecified atom stereocenters. The number of cyclic esters (lactones) is 2. The van der Waals surface area contributed by atoms with E-state index in [9.17, 15) is 19.8 Å². The first-order valence-electron chi connectivity index (χ1n) is 19.2. The molecular weight excluding hydrogens is 679 g/mol. The fraction of sp³-hybridized carbons (Fsp3) is 0.467. The van der Waals surface area contributed by atoms with E-state index >= 15 is 0 Å². The lowest BCUT2D eigenvalue weighted by Gasteiger charge is -2.36. The van der Waals surface area contributed by atoms with Gasteiger partial charge in [0.2, 0.25) is 0 Å². The number of aliphatic hydroxyl groups excluding tert-OH is 2. The van der Waals surface area contributed by atoms with Gasteiger partial charge >= 0.3 is 11.9 Å². The van der Waals surface area contributed by atoms with Crippen molar-refractivity contribution in [1.29, 1.82) is 0 Å². The van der Waals surface area contributed by atoms with Crippen molar-refractivity contribution in [3.8, 4) is 0 Å². The number of allylic oxidation sites excluding steroid dienone is 12. The predicted molar refractivity (Wildman–Crippen MR) is 214 cm³/mol. The molecule has 54 heavy (non-hydrogen) atoms. The number of nitrogens with zero attached hydrogens (tertiary/aromatic N) is 2. The third kappa shape index (κ3) is 10.8. The maximum atomic E-state index is 13.3. The number of ether oxygens (including phenoxy) is 2. The van der Waals surface area contributed by atoms with Gasteiger partial charge < -0.3 is 24.7 Å². The molecule has 1 aromatic rings. The van der Waals surface area contributed by atoms with Crippen LogP contribution in [0.2, 0.25) is 0 Å². The molecule has 0 aromatic carbocycles. The maximum Gasteiger partial charge on any atom is 0.356 e. The van der Waals surface area contributed by atoms with E-state index < -0.39 is 47.2 Å². The highest BCUT2D eigenvalue weighted by atomic mass is 16.6. The van der Waals surface area contributed by atoms with Gasteiger partial charge in [-0.25, -0.2) is 19.6 Å². The van der Waals surface area contributed by atoms with Crippen LogP contribution in [0.5, 0.6) is 0 Å². The lowest BCUT2D eigenvalue weighted by atomic mass is 9.79. The summed E-state index contributed by atoms with van der Waals surface area (Å²) in [6, 6.07) is 0. The summed E-state index contributed by atoms with van der Waals surface area (Å²) in [6.07, 6.45) is 35.3. The number of imidazole rings is 1. The number of carbonyl (C=O) groups excluding carboxylic acids is 2. The van der Waals surface area contributed by atoms with E-state index in [0.29, 0.717) is 48.8 Å². The summed E-state index contributed by atoms with van der Waals surface area (Å²) in [7, 11) is 0. The van der Waals surface area contributed by atoms with Gasteiger partial charge in [0.15, 0.2) is 0 Å². The van der Waals surface area contributed by atoms with Gasteiger partial charge in [0.25, 0.3) is 0 Å². The average Bonchev–Trinajstić information content (AvgIpc) is 3.93. The van der Waals surface area contributed by atoms with Crippen molar-refractivity contribution >= 4 is 23.7 Å². The molecule has 2 aliphatic carbocycles. The molecule has 2 aliphatic heterocycles. The van der Waals surface area contributed by atoms with Gasteiger partial charge in [0.1, 0.15) is 29.4 Å². The molecule has 4 aliphatic rings. The zero-order valence-corrected chi connectivity index (χ0v) is 32.5. The van der Waals surface area contributed by atoms with Crippen molar-refractivity contribution in [2.75, 3.05) is 0 Å². The Hall–Kier alpha value is -4.60. The number of hydrogen-bond acceptors (Lipinski definition) is 8. The Balaban J connectivity index is 1.34. The van der Waals surface area contributed by atoms with Crippen LogP contribution >= 0.6 is 0 Å². The Morgan fingerprint density at radius 1 is 0.759 bits per heavy atom. The number of aliphatic imine (C=N–C) groups is 1. The third-order valence-electron chi connectivity index (χ3n) is 11.0. The van der Waals surface area contributed by atoms with E-state index in [1.54, 1.807) is 36.5 Å². The van der Waals surface area contributed by atoms with Gasteiger partial charge in [-0.2, -0.15) is 0 Å². The zero-order valence-electron chi connectivity index (χ0n) is 32.5. The van der Waals surface area contributed by atoms with Gasteiger partial charge in [-0.05, 0) is 68.6 Å². The normalized spacial score (nSPS) is 31.8. The summed E-state index contributed by atoms with van der Waals surface area (Å²) in [5.41, 5.74) is -0.171. The van der Waals surface area contributed by atoms with Crippen molar-refractivity contribution in [1.82, 2.24) is 9.97 Å². The van der Waals surface area contributed by atoms with Gasteiger partial charge in [0, 0.05) is 35.8 Å². The standard InChI is InChI=1S/C45H57N3O6/c1-7-15-37(49)44(3,4)39-22-13-19-33-28-31(33)18-10-12-24-41-46-29-36(48-41)43(52)54-40(45(5,6)38(50)16-8-2)23-14-20-32-27-30(32)17-9-11-21-34-25-26-35(47-34)42(51)53-39/h7-21,24,26,29-33,37-40,49-50H,22-23,25,27-28H2,1-6H3,(H,46,48)/b15-7+,16-8+,17-9+,18-10+,19-13-,20-14-,21-11-,24-12-/t30-,31-,32+,33+,37+,38+,39+,40+/m1/s1. The summed E-state index contributed by atoms with van der Waals surface area (Å²) < 4.78 is 12.1. The number of hydrogen-bond donors (Lipinski definition) is 3. The van der Waals surface area contributed by atoms with Crippen molar-refractivity contribution in [2.45, 2.75) is 98.1 Å². The number of nitrogens with one attached hydrogen (secondary N) is 1. The molecular formula is C45H57N3O6. The number of aromatic nitrogens is 2. The minimum absolute atomic E-state index is 0.248. The molecule has 0 saturated heterocycles. The Bertz CT molecular complexity index is 1800. The molecule has 3 heterocycles. The van der Waals surface area contributed by atoms with Crippen LogP contribution in [0, 0.1) is 34.5 Å². The summed E-state index contributed by atoms with van der Waals surface area (Å²) in [5.74, 6) is 1.05. The van der Waals surface area contributed by atoms with Crippen LogP contribution in [0.3, 0.4) is 0 Å². The van der Waals surface area contributed by atoms with Crippen LogP contribution in [0.15, 0.2) is 114 Å². The fourth-order valence-electron chi connectivity index (χ4n) is 6.68. The van der Waals surface area contributed by atoms with Crippen LogP contribution < -0.4 is 0 Å². The number of rotatable bonds is 6. The second kappa shape index (κ2) is 18.2. The molecule has 3 N–H and O–H groups in total. The molecule has 9 nitrogen and oxygen atoms in total. The fourth-order valence-corrected chi connectivity index (χ4v) is 6.68. The molecule has 0 spiro atoms. The molecule has 0 radical (unpaired) electrons. The van der Waals surface area contributed by atoms with Crippen LogP contribution in [-0.2, 0) is 14.3 Å². The van der Waals surface area contributed by atoms with E-state index in [-0.39, 0.29) is 11.4 Å². The van der Waals surface area contributed by atoms with Crippen LogP contribution in [-0.4, -0.2) is 62.2 Å². The highest BCUT2D eigenvalue weighted by Gasteiger charge is 2.40. The molecule has 1 aromatic heterocycles. The van der Waals surface area contributed by atoms with E-state index in [1.807, 2.05) is 71.9 Å². The molecule has 9 heteroatoms. The Labute approximate surface area is 320 Å². The minimum Gasteiger partial charge on any atom is -0.457 e.